The minimum Gasteiger partial charge on any atom is -0.466 e. The van der Waals surface area contributed by atoms with Crippen molar-refractivity contribution in [1.29, 1.82) is 0 Å². The predicted molar refractivity (Wildman–Crippen MR) is 44.7 cm³/mol. The minimum absolute atomic E-state index is 0.000456. The van der Waals surface area contributed by atoms with Crippen LogP contribution in [0, 0.1) is 0 Å². The van der Waals surface area contributed by atoms with Crippen LogP contribution >= 0.6 is 0 Å². The molecule has 0 aromatic rings. The van der Waals surface area contributed by atoms with E-state index >= 15 is 0 Å². The lowest BCUT2D eigenvalue weighted by Crippen LogP contribution is -2.01. The molecule has 12 heavy (non-hydrogen) atoms. The molecule has 0 aliphatic carbocycles. The lowest BCUT2D eigenvalue weighted by Gasteiger charge is -1.91. The second-order valence-corrected chi connectivity index (χ2v) is 3.37. The van der Waals surface area contributed by atoms with E-state index in [0.29, 0.717) is 0 Å². The fourth-order valence-corrected chi connectivity index (χ4v) is 1.02. The minimum atomic E-state index is -0.312. The molecule has 1 rings (SSSR count). The van der Waals surface area contributed by atoms with Gasteiger partial charge >= 0.3 is 5.97 Å². The normalized spacial score (nSPS) is 25.8. The third-order valence-corrected chi connectivity index (χ3v) is 1.97. The van der Waals surface area contributed by atoms with Crippen LogP contribution in [0.4, 0.5) is 0 Å². The van der Waals surface area contributed by atoms with Gasteiger partial charge in [-0.15, -0.1) is 0 Å². The molecule has 0 spiro atoms. The molecule has 1 saturated heterocycles. The highest BCUT2D eigenvalue weighted by molar-refractivity contribution is 5.81. The molecule has 0 saturated carbocycles. The number of rotatable bonds is 3. The van der Waals surface area contributed by atoms with Gasteiger partial charge in [-0.1, -0.05) is 6.08 Å². The van der Waals surface area contributed by atoms with Crippen LogP contribution in [0.5, 0.6) is 0 Å². The first kappa shape index (κ1) is 9.26. The molecule has 3 nitrogen and oxygen atoms in total. The van der Waals surface area contributed by atoms with Crippen LogP contribution in [0.2, 0.25) is 0 Å². The fraction of sp³-hybridized carbons (Fsp3) is 0.667. The SMILES string of the molecule is COC(=O)/C=C/CC1OC1(C)C. The number of carbonyl (C=O) groups is 1. The van der Waals surface area contributed by atoms with Crippen LogP contribution in [0.1, 0.15) is 20.3 Å². The number of epoxide rings is 1. The topological polar surface area (TPSA) is 38.8 Å². The summed E-state index contributed by atoms with van der Waals surface area (Å²) in [4.78, 5) is 10.6. The third kappa shape index (κ3) is 2.34. The Morgan fingerprint density at radius 3 is 2.67 bits per heavy atom. The zero-order valence-electron chi connectivity index (χ0n) is 7.66. The van der Waals surface area contributed by atoms with Crippen molar-refractivity contribution < 1.29 is 14.3 Å². The summed E-state index contributed by atoms with van der Waals surface area (Å²) in [5.41, 5.74) is 0.000456. The van der Waals surface area contributed by atoms with E-state index in [-0.39, 0.29) is 17.7 Å². The van der Waals surface area contributed by atoms with E-state index in [1.165, 1.54) is 13.2 Å². The Morgan fingerprint density at radius 1 is 1.67 bits per heavy atom. The monoisotopic (exact) mass is 170 g/mol. The maximum absolute atomic E-state index is 10.6. The van der Waals surface area contributed by atoms with Crippen molar-refractivity contribution in [2.45, 2.75) is 32.0 Å². The summed E-state index contributed by atoms with van der Waals surface area (Å²) < 4.78 is 9.75. The van der Waals surface area contributed by atoms with Crippen LogP contribution in [0.3, 0.4) is 0 Å². The van der Waals surface area contributed by atoms with E-state index in [1.54, 1.807) is 6.08 Å². The second kappa shape index (κ2) is 3.27. The van der Waals surface area contributed by atoms with Crippen LogP contribution in [0.15, 0.2) is 12.2 Å². The smallest absolute Gasteiger partial charge is 0.330 e. The molecule has 1 aliphatic heterocycles. The van der Waals surface area contributed by atoms with Crippen molar-refractivity contribution in [1.82, 2.24) is 0 Å². The van der Waals surface area contributed by atoms with Gasteiger partial charge in [-0.25, -0.2) is 4.79 Å². The molecular weight excluding hydrogens is 156 g/mol. The van der Waals surface area contributed by atoms with Crippen molar-refractivity contribution >= 4 is 5.97 Å². The molecule has 1 aliphatic rings. The van der Waals surface area contributed by atoms with Gasteiger partial charge in [0.25, 0.3) is 0 Å². The number of methoxy groups -OCH3 is 1. The molecule has 1 fully saturated rings. The molecule has 0 aromatic carbocycles. The van der Waals surface area contributed by atoms with Crippen LogP contribution < -0.4 is 0 Å². The quantitative estimate of drug-likeness (QED) is 0.364. The molecule has 1 atom stereocenters. The second-order valence-electron chi connectivity index (χ2n) is 3.37. The largest absolute Gasteiger partial charge is 0.466 e. The molecule has 1 unspecified atom stereocenters. The van der Waals surface area contributed by atoms with E-state index in [2.05, 4.69) is 4.74 Å². The Balaban J connectivity index is 2.19. The zero-order chi connectivity index (χ0) is 9.19. The van der Waals surface area contributed by atoms with E-state index in [1.807, 2.05) is 13.8 Å². The molecule has 1 heterocycles. The lowest BCUT2D eigenvalue weighted by atomic mass is 10.1. The molecular formula is C9H14O3. The molecule has 68 valence electrons. The van der Waals surface area contributed by atoms with Gasteiger partial charge < -0.3 is 9.47 Å². The van der Waals surface area contributed by atoms with Gasteiger partial charge in [0.2, 0.25) is 0 Å². The summed E-state index contributed by atoms with van der Waals surface area (Å²) in [5.74, 6) is -0.312. The maximum Gasteiger partial charge on any atom is 0.330 e. The summed E-state index contributed by atoms with van der Waals surface area (Å²) in [7, 11) is 1.37. The molecule has 3 heteroatoms. The lowest BCUT2D eigenvalue weighted by molar-refractivity contribution is -0.134. The first-order valence-corrected chi connectivity index (χ1v) is 3.98. The number of ether oxygens (including phenoxy) is 2. The van der Waals surface area contributed by atoms with E-state index in [0.717, 1.165) is 6.42 Å². The predicted octanol–water partition coefficient (Wildman–Crippen LogP) is 1.28. The Morgan fingerprint density at radius 2 is 2.25 bits per heavy atom. The summed E-state index contributed by atoms with van der Waals surface area (Å²) in [6.45, 7) is 4.06. The van der Waals surface area contributed by atoms with Gasteiger partial charge in [0.15, 0.2) is 0 Å². The van der Waals surface area contributed by atoms with Gasteiger partial charge in [-0.2, -0.15) is 0 Å². The molecule has 0 radical (unpaired) electrons. The average Bonchev–Trinajstić information content (AvgIpc) is 2.59. The first-order chi connectivity index (χ1) is 5.56. The summed E-state index contributed by atoms with van der Waals surface area (Å²) in [5, 5.41) is 0. The van der Waals surface area contributed by atoms with Crippen LogP contribution in [-0.2, 0) is 14.3 Å². The van der Waals surface area contributed by atoms with Crippen molar-refractivity contribution in [2.24, 2.45) is 0 Å². The Kier molecular flexibility index (Phi) is 2.52. The number of esters is 1. The first-order valence-electron chi connectivity index (χ1n) is 3.98. The average molecular weight is 170 g/mol. The van der Waals surface area contributed by atoms with E-state index in [4.69, 9.17) is 4.74 Å². The third-order valence-electron chi connectivity index (χ3n) is 1.97. The highest BCUT2D eigenvalue weighted by Gasteiger charge is 2.46. The van der Waals surface area contributed by atoms with Gasteiger partial charge in [-0.05, 0) is 20.3 Å². The number of carbonyl (C=O) groups excluding carboxylic acids is 1. The van der Waals surface area contributed by atoms with Crippen molar-refractivity contribution in [2.75, 3.05) is 7.11 Å². The fourth-order valence-electron chi connectivity index (χ4n) is 1.02. The summed E-state index contributed by atoms with van der Waals surface area (Å²) in [6.07, 6.45) is 4.25. The maximum atomic E-state index is 10.6. The Hall–Kier alpha value is -0.830. The van der Waals surface area contributed by atoms with Crippen molar-refractivity contribution in [3.05, 3.63) is 12.2 Å². The summed E-state index contributed by atoms with van der Waals surface area (Å²) in [6, 6.07) is 0. The molecule has 0 N–H and O–H groups in total. The van der Waals surface area contributed by atoms with Gasteiger partial charge in [0.1, 0.15) is 0 Å². The van der Waals surface area contributed by atoms with Gasteiger partial charge in [0.05, 0.1) is 18.8 Å². The zero-order valence-corrected chi connectivity index (χ0v) is 7.66. The summed E-state index contributed by atoms with van der Waals surface area (Å²) >= 11 is 0. The van der Waals surface area contributed by atoms with Gasteiger partial charge in [0, 0.05) is 6.08 Å². The Labute approximate surface area is 72.4 Å². The van der Waals surface area contributed by atoms with Crippen LogP contribution in [0.25, 0.3) is 0 Å². The Bertz CT molecular complexity index is 206. The molecule has 0 amide bonds. The highest BCUT2D eigenvalue weighted by atomic mass is 16.6. The standard InChI is InChI=1S/C9H14O3/c1-9(2)7(12-9)5-4-6-8(10)11-3/h4,6-7H,5H2,1-3H3/b6-4+. The molecule has 0 bridgehead atoms. The number of hydrogen-bond donors (Lipinski definition) is 0. The van der Waals surface area contributed by atoms with E-state index < -0.39 is 0 Å². The van der Waals surface area contributed by atoms with Crippen molar-refractivity contribution in [3.63, 3.8) is 0 Å². The van der Waals surface area contributed by atoms with Crippen LogP contribution in [-0.4, -0.2) is 24.8 Å². The van der Waals surface area contributed by atoms with Gasteiger partial charge in [-0.3, -0.25) is 0 Å². The van der Waals surface area contributed by atoms with Crippen molar-refractivity contribution in [3.8, 4) is 0 Å². The molecule has 0 aromatic heterocycles. The van der Waals surface area contributed by atoms with E-state index in [9.17, 15) is 4.79 Å². The number of hydrogen-bond acceptors (Lipinski definition) is 3. The highest BCUT2D eigenvalue weighted by Crippen LogP contribution is 2.37.